The van der Waals surface area contributed by atoms with Gasteiger partial charge in [-0.05, 0) is 29.5 Å². The van der Waals surface area contributed by atoms with Crippen molar-refractivity contribution in [2.75, 3.05) is 13.2 Å². The molecule has 0 radical (unpaired) electrons. The van der Waals surface area contributed by atoms with Crippen LogP contribution in [0.15, 0.2) is 29.2 Å². The third-order valence-corrected chi connectivity index (χ3v) is 3.84. The van der Waals surface area contributed by atoms with Crippen LogP contribution in [-0.2, 0) is 16.4 Å². The van der Waals surface area contributed by atoms with Crippen molar-refractivity contribution in [1.29, 1.82) is 0 Å². The van der Waals surface area contributed by atoms with Crippen molar-refractivity contribution in [3.05, 3.63) is 29.8 Å². The van der Waals surface area contributed by atoms with Crippen LogP contribution in [0.2, 0.25) is 0 Å². The van der Waals surface area contributed by atoms with Gasteiger partial charge in [-0.15, -0.1) is 0 Å². The molecular formula is C13H21NO3S. The molecule has 0 saturated carbocycles. The molecule has 0 aliphatic rings. The predicted octanol–water partition coefficient (Wildman–Crippen LogP) is 1.55. The number of rotatable bonds is 5. The minimum Gasteiger partial charge on any atom is -0.396 e. The minimum atomic E-state index is -3.44. The quantitative estimate of drug-likeness (QED) is 0.854. The number of nitrogens with one attached hydrogen (secondary N) is 1. The monoisotopic (exact) mass is 271 g/mol. The first kappa shape index (κ1) is 15.1. The van der Waals surface area contributed by atoms with Crippen LogP contribution in [0.1, 0.15) is 26.3 Å². The van der Waals surface area contributed by atoms with E-state index in [0.717, 1.165) is 5.56 Å². The summed E-state index contributed by atoms with van der Waals surface area (Å²) in [6, 6.07) is 6.58. The molecule has 1 aromatic carbocycles. The van der Waals surface area contributed by atoms with Crippen LogP contribution in [0.4, 0.5) is 0 Å². The van der Waals surface area contributed by atoms with Crippen molar-refractivity contribution < 1.29 is 13.5 Å². The molecule has 0 spiro atoms. The fourth-order valence-corrected chi connectivity index (χ4v) is 2.64. The second-order valence-electron chi connectivity index (χ2n) is 5.50. The van der Waals surface area contributed by atoms with Crippen molar-refractivity contribution in [2.45, 2.75) is 32.1 Å². The number of aliphatic hydroxyl groups excluding tert-OH is 1. The van der Waals surface area contributed by atoms with Crippen LogP contribution in [0.3, 0.4) is 0 Å². The van der Waals surface area contributed by atoms with Crippen LogP contribution < -0.4 is 4.72 Å². The molecule has 0 amide bonds. The van der Waals surface area contributed by atoms with Gasteiger partial charge in [-0.1, -0.05) is 32.9 Å². The highest BCUT2D eigenvalue weighted by Gasteiger charge is 2.18. The lowest BCUT2D eigenvalue weighted by Crippen LogP contribution is -2.32. The molecule has 0 unspecified atom stereocenters. The summed E-state index contributed by atoms with van der Waals surface area (Å²) in [5.41, 5.74) is 0.830. The maximum absolute atomic E-state index is 12.0. The zero-order valence-corrected chi connectivity index (χ0v) is 11.9. The van der Waals surface area contributed by atoms with E-state index in [0.29, 0.717) is 13.0 Å². The molecule has 5 heteroatoms. The molecule has 0 aliphatic carbocycles. The molecule has 4 nitrogen and oxygen atoms in total. The summed E-state index contributed by atoms with van der Waals surface area (Å²) >= 11 is 0. The van der Waals surface area contributed by atoms with Crippen LogP contribution >= 0.6 is 0 Å². The van der Waals surface area contributed by atoms with Gasteiger partial charge in [0.2, 0.25) is 10.0 Å². The van der Waals surface area contributed by atoms with E-state index in [1.807, 2.05) is 20.8 Å². The fraction of sp³-hybridized carbons (Fsp3) is 0.538. The average molecular weight is 271 g/mol. The Morgan fingerprint density at radius 1 is 1.17 bits per heavy atom. The van der Waals surface area contributed by atoms with Gasteiger partial charge in [0.15, 0.2) is 0 Å². The van der Waals surface area contributed by atoms with Crippen molar-refractivity contribution in [2.24, 2.45) is 5.41 Å². The number of sulfonamides is 1. The van der Waals surface area contributed by atoms with Gasteiger partial charge in [-0.25, -0.2) is 13.1 Å². The molecule has 0 atom stereocenters. The lowest BCUT2D eigenvalue weighted by molar-refractivity contribution is 0.299. The van der Waals surface area contributed by atoms with Crippen molar-refractivity contribution >= 4 is 10.0 Å². The normalized spacial score (nSPS) is 12.7. The third-order valence-electron chi connectivity index (χ3n) is 2.43. The molecule has 0 aromatic heterocycles. The number of benzene rings is 1. The standard InChI is InChI=1S/C13H21NO3S/c1-13(2,3)10-14-18(16,17)12-6-4-11(5-7-12)8-9-15/h4-7,14-15H,8-10H2,1-3H3. The molecular weight excluding hydrogens is 250 g/mol. The maximum atomic E-state index is 12.0. The van der Waals surface area contributed by atoms with E-state index in [9.17, 15) is 8.42 Å². The second kappa shape index (κ2) is 5.82. The summed E-state index contributed by atoms with van der Waals surface area (Å²) in [6.45, 7) is 6.38. The highest BCUT2D eigenvalue weighted by atomic mass is 32.2. The van der Waals surface area contributed by atoms with Gasteiger partial charge in [-0.3, -0.25) is 0 Å². The average Bonchev–Trinajstić information content (AvgIpc) is 2.27. The van der Waals surface area contributed by atoms with E-state index in [4.69, 9.17) is 5.11 Å². The van der Waals surface area contributed by atoms with Crippen molar-refractivity contribution in [3.63, 3.8) is 0 Å². The molecule has 0 aliphatic heterocycles. The Morgan fingerprint density at radius 2 is 1.72 bits per heavy atom. The van der Waals surface area contributed by atoms with E-state index < -0.39 is 10.0 Å². The van der Waals surface area contributed by atoms with Gasteiger partial charge in [0.05, 0.1) is 4.90 Å². The van der Waals surface area contributed by atoms with E-state index in [-0.39, 0.29) is 16.9 Å². The van der Waals surface area contributed by atoms with Crippen LogP contribution in [-0.4, -0.2) is 26.7 Å². The zero-order valence-electron chi connectivity index (χ0n) is 11.1. The highest BCUT2D eigenvalue weighted by molar-refractivity contribution is 7.89. The molecule has 0 saturated heterocycles. The van der Waals surface area contributed by atoms with Gasteiger partial charge in [0, 0.05) is 13.2 Å². The second-order valence-corrected chi connectivity index (χ2v) is 7.27. The summed E-state index contributed by atoms with van der Waals surface area (Å²) in [4.78, 5) is 0.258. The summed E-state index contributed by atoms with van der Waals surface area (Å²) in [5, 5.41) is 8.79. The highest BCUT2D eigenvalue weighted by Crippen LogP contribution is 2.15. The first-order valence-electron chi connectivity index (χ1n) is 5.94. The Morgan fingerprint density at radius 3 is 2.17 bits per heavy atom. The molecule has 0 heterocycles. The lowest BCUT2D eigenvalue weighted by atomic mass is 9.98. The number of hydrogen-bond acceptors (Lipinski definition) is 3. The summed E-state index contributed by atoms with van der Waals surface area (Å²) in [6.07, 6.45) is 0.537. The number of hydrogen-bond donors (Lipinski definition) is 2. The van der Waals surface area contributed by atoms with Gasteiger partial charge >= 0.3 is 0 Å². The molecule has 0 bridgehead atoms. The lowest BCUT2D eigenvalue weighted by Gasteiger charge is -2.18. The Bertz CT molecular complexity index is 472. The molecule has 0 fully saturated rings. The van der Waals surface area contributed by atoms with Crippen LogP contribution in [0.25, 0.3) is 0 Å². The van der Waals surface area contributed by atoms with E-state index in [2.05, 4.69) is 4.72 Å². The molecule has 18 heavy (non-hydrogen) atoms. The van der Waals surface area contributed by atoms with E-state index in [1.165, 1.54) is 0 Å². The molecule has 1 rings (SSSR count). The summed E-state index contributed by atoms with van der Waals surface area (Å²) in [5.74, 6) is 0. The van der Waals surface area contributed by atoms with Crippen LogP contribution in [0, 0.1) is 5.41 Å². The van der Waals surface area contributed by atoms with Gasteiger partial charge in [-0.2, -0.15) is 0 Å². The maximum Gasteiger partial charge on any atom is 0.240 e. The van der Waals surface area contributed by atoms with Crippen molar-refractivity contribution in [1.82, 2.24) is 4.72 Å². The number of aliphatic hydroxyl groups is 1. The van der Waals surface area contributed by atoms with E-state index in [1.54, 1.807) is 24.3 Å². The van der Waals surface area contributed by atoms with Crippen LogP contribution in [0.5, 0.6) is 0 Å². The summed E-state index contributed by atoms with van der Waals surface area (Å²) in [7, 11) is -3.44. The third kappa shape index (κ3) is 4.76. The Labute approximate surface area is 109 Å². The molecule has 102 valence electrons. The van der Waals surface area contributed by atoms with Crippen molar-refractivity contribution in [3.8, 4) is 0 Å². The Balaban J connectivity index is 2.79. The minimum absolute atomic E-state index is 0.0639. The predicted molar refractivity (Wildman–Crippen MR) is 71.9 cm³/mol. The van der Waals surface area contributed by atoms with Gasteiger partial charge < -0.3 is 5.11 Å². The summed E-state index contributed by atoms with van der Waals surface area (Å²) < 4.78 is 26.6. The first-order chi connectivity index (χ1) is 8.24. The molecule has 2 N–H and O–H groups in total. The smallest absolute Gasteiger partial charge is 0.240 e. The Kier molecular flexibility index (Phi) is 4.90. The topological polar surface area (TPSA) is 66.4 Å². The Hall–Kier alpha value is -0.910. The zero-order chi connectivity index (χ0) is 13.8. The van der Waals surface area contributed by atoms with Gasteiger partial charge in [0.25, 0.3) is 0 Å². The SMILES string of the molecule is CC(C)(C)CNS(=O)(=O)c1ccc(CCO)cc1. The largest absolute Gasteiger partial charge is 0.396 e. The van der Waals surface area contributed by atoms with Gasteiger partial charge in [0.1, 0.15) is 0 Å². The fourth-order valence-electron chi connectivity index (χ4n) is 1.36. The molecule has 1 aromatic rings. The first-order valence-corrected chi connectivity index (χ1v) is 7.42. The van der Waals surface area contributed by atoms with E-state index >= 15 is 0 Å².